The van der Waals surface area contributed by atoms with Crippen molar-refractivity contribution < 1.29 is 9.59 Å². The van der Waals surface area contributed by atoms with E-state index in [-0.39, 0.29) is 17.8 Å². The zero-order valence-electron chi connectivity index (χ0n) is 12.5. The molecule has 1 aliphatic rings. The summed E-state index contributed by atoms with van der Waals surface area (Å²) in [4.78, 5) is 34.1. The third kappa shape index (κ3) is 1.55. The molecule has 2 heterocycles. The number of imidazole rings is 1. The monoisotopic (exact) mass is 313 g/mol. The average molecular weight is 313 g/mol. The van der Waals surface area contributed by atoms with Gasteiger partial charge in [0.15, 0.2) is 0 Å². The van der Waals surface area contributed by atoms with E-state index in [9.17, 15) is 9.59 Å². The van der Waals surface area contributed by atoms with Crippen molar-refractivity contribution in [1.82, 2.24) is 9.97 Å². The minimum Gasteiger partial charge on any atom is -0.330 e. The zero-order valence-corrected chi connectivity index (χ0v) is 12.5. The molecule has 114 valence electrons. The van der Waals surface area contributed by atoms with E-state index in [0.29, 0.717) is 16.5 Å². The molecule has 5 rings (SSSR count). The molecule has 1 aliphatic heterocycles. The first-order valence-electron chi connectivity index (χ1n) is 7.58. The summed E-state index contributed by atoms with van der Waals surface area (Å²) < 4.78 is 0. The number of anilines is 1. The first kappa shape index (κ1) is 13.0. The average Bonchev–Trinajstić information content (AvgIpc) is 3.12. The Kier molecular flexibility index (Phi) is 2.45. The fraction of sp³-hybridized carbons (Fsp3) is 0. The summed E-state index contributed by atoms with van der Waals surface area (Å²) in [5.74, 6) is -0.473. The molecule has 0 spiro atoms. The van der Waals surface area contributed by atoms with Crippen molar-refractivity contribution in [3.8, 4) is 0 Å². The van der Waals surface area contributed by atoms with Gasteiger partial charge < -0.3 is 4.98 Å². The number of nitrogens with zero attached hydrogens (tertiary/aromatic N) is 2. The Morgan fingerprint density at radius 3 is 2.58 bits per heavy atom. The molecule has 0 atom stereocenters. The van der Waals surface area contributed by atoms with Crippen molar-refractivity contribution in [1.29, 1.82) is 0 Å². The van der Waals surface area contributed by atoms with E-state index in [1.165, 1.54) is 6.20 Å². The van der Waals surface area contributed by atoms with Crippen molar-refractivity contribution in [2.45, 2.75) is 0 Å². The summed E-state index contributed by atoms with van der Waals surface area (Å²) in [7, 11) is 0. The van der Waals surface area contributed by atoms with Gasteiger partial charge in [0.25, 0.3) is 11.8 Å². The molecule has 0 aliphatic carbocycles. The van der Waals surface area contributed by atoms with Crippen LogP contribution in [0, 0.1) is 0 Å². The normalized spacial score (nSPS) is 13.9. The van der Waals surface area contributed by atoms with Crippen LogP contribution in [0.5, 0.6) is 0 Å². The molecule has 0 saturated carbocycles. The van der Waals surface area contributed by atoms with E-state index >= 15 is 0 Å². The van der Waals surface area contributed by atoms with Crippen LogP contribution in [-0.4, -0.2) is 21.8 Å². The van der Waals surface area contributed by atoms with Gasteiger partial charge in [-0.1, -0.05) is 36.4 Å². The Balaban J connectivity index is 1.95. The number of hydrogen-bond acceptors (Lipinski definition) is 3. The lowest BCUT2D eigenvalue weighted by Gasteiger charge is -2.26. The summed E-state index contributed by atoms with van der Waals surface area (Å²) in [6.07, 6.45) is 3.12. The second-order valence-electron chi connectivity index (χ2n) is 5.73. The number of H-pyrrole nitrogens is 1. The Hall–Kier alpha value is -3.47. The lowest BCUT2D eigenvalue weighted by Crippen LogP contribution is -2.41. The van der Waals surface area contributed by atoms with Crippen LogP contribution in [0.3, 0.4) is 0 Å². The Morgan fingerprint density at radius 1 is 0.917 bits per heavy atom. The predicted octanol–water partition coefficient (Wildman–Crippen LogP) is 3.52. The van der Waals surface area contributed by atoms with Gasteiger partial charge in [0.2, 0.25) is 5.95 Å². The first-order chi connectivity index (χ1) is 11.8. The van der Waals surface area contributed by atoms with E-state index < -0.39 is 0 Å². The number of benzene rings is 3. The molecule has 24 heavy (non-hydrogen) atoms. The highest BCUT2D eigenvalue weighted by Gasteiger charge is 2.36. The molecule has 1 aromatic heterocycles. The van der Waals surface area contributed by atoms with Crippen molar-refractivity contribution in [3.05, 3.63) is 72.1 Å². The van der Waals surface area contributed by atoms with Crippen LogP contribution < -0.4 is 4.90 Å². The highest BCUT2D eigenvalue weighted by atomic mass is 16.2. The van der Waals surface area contributed by atoms with Crippen LogP contribution in [0.25, 0.3) is 21.5 Å². The predicted molar refractivity (Wildman–Crippen MR) is 91.2 cm³/mol. The number of amides is 2. The molecule has 1 N–H and O–H groups in total. The minimum absolute atomic E-state index is 0.237. The number of hydrogen-bond donors (Lipinski definition) is 1. The van der Waals surface area contributed by atoms with Crippen molar-refractivity contribution in [2.75, 3.05) is 4.90 Å². The SMILES string of the molecule is O=C1c2cccc3cc4ccccc4c(c23)C(=O)N1c1ncc[nH]1. The van der Waals surface area contributed by atoms with Gasteiger partial charge in [-0.2, -0.15) is 0 Å². The van der Waals surface area contributed by atoms with Gasteiger partial charge in [-0.15, -0.1) is 0 Å². The molecule has 0 saturated heterocycles. The number of fused-ring (bicyclic) bond motifs is 2. The molecule has 5 heteroatoms. The quantitative estimate of drug-likeness (QED) is 0.432. The van der Waals surface area contributed by atoms with Crippen molar-refractivity contribution >= 4 is 39.3 Å². The molecule has 0 unspecified atom stereocenters. The van der Waals surface area contributed by atoms with Crippen LogP contribution in [0.2, 0.25) is 0 Å². The highest BCUT2D eigenvalue weighted by molar-refractivity contribution is 6.38. The maximum absolute atomic E-state index is 13.2. The molecule has 0 bridgehead atoms. The summed E-state index contributed by atoms with van der Waals surface area (Å²) in [5, 5.41) is 3.42. The third-order valence-corrected chi connectivity index (χ3v) is 4.43. The number of aromatic amines is 1. The highest BCUT2D eigenvalue weighted by Crippen LogP contribution is 2.36. The first-order valence-corrected chi connectivity index (χ1v) is 7.58. The topological polar surface area (TPSA) is 66.1 Å². The van der Waals surface area contributed by atoms with Crippen LogP contribution in [0.15, 0.2) is 60.9 Å². The van der Waals surface area contributed by atoms with Crippen LogP contribution >= 0.6 is 0 Å². The van der Waals surface area contributed by atoms with Gasteiger partial charge in [0.05, 0.1) is 5.56 Å². The Labute approximate surface area is 136 Å². The van der Waals surface area contributed by atoms with E-state index in [1.54, 1.807) is 12.3 Å². The number of rotatable bonds is 1. The molecular weight excluding hydrogens is 302 g/mol. The molecule has 3 aromatic carbocycles. The Bertz CT molecular complexity index is 1150. The minimum atomic E-state index is -0.358. The zero-order chi connectivity index (χ0) is 16.3. The van der Waals surface area contributed by atoms with Crippen molar-refractivity contribution in [2.24, 2.45) is 0 Å². The largest absolute Gasteiger partial charge is 0.330 e. The lowest BCUT2D eigenvalue weighted by molar-refractivity contribution is 0.0892. The molecular formula is C19H11N3O2. The third-order valence-electron chi connectivity index (χ3n) is 4.43. The van der Waals surface area contributed by atoms with Gasteiger partial charge in [-0.05, 0) is 28.3 Å². The van der Waals surface area contributed by atoms with Crippen LogP contribution in [0.4, 0.5) is 5.95 Å². The lowest BCUT2D eigenvalue weighted by atomic mass is 9.90. The number of imide groups is 1. The van der Waals surface area contributed by atoms with E-state index in [0.717, 1.165) is 21.1 Å². The van der Waals surface area contributed by atoms with Crippen molar-refractivity contribution in [3.63, 3.8) is 0 Å². The molecule has 0 fully saturated rings. The van der Waals surface area contributed by atoms with E-state index in [2.05, 4.69) is 9.97 Å². The summed E-state index contributed by atoms with van der Waals surface area (Å²) in [6, 6.07) is 15.3. The number of nitrogens with one attached hydrogen (secondary N) is 1. The van der Waals surface area contributed by atoms with Crippen LogP contribution in [-0.2, 0) is 0 Å². The van der Waals surface area contributed by atoms with E-state index in [1.807, 2.05) is 42.5 Å². The van der Waals surface area contributed by atoms with Gasteiger partial charge in [0, 0.05) is 23.3 Å². The second-order valence-corrected chi connectivity index (χ2v) is 5.73. The fourth-order valence-electron chi connectivity index (χ4n) is 3.42. The van der Waals surface area contributed by atoms with Gasteiger partial charge in [-0.3, -0.25) is 9.59 Å². The molecule has 0 radical (unpaired) electrons. The summed E-state index contributed by atoms with van der Waals surface area (Å²) in [6.45, 7) is 0. The second kappa shape index (κ2) is 4.52. The standard InChI is InChI=1S/C19H11N3O2/c23-17-14-7-3-5-12-10-11-4-1-2-6-13(11)16(15(12)14)18(24)22(17)19-20-8-9-21-19/h1-10H,(H,20,21). The molecule has 4 aromatic rings. The summed E-state index contributed by atoms with van der Waals surface area (Å²) in [5.41, 5.74) is 1.07. The van der Waals surface area contributed by atoms with E-state index in [4.69, 9.17) is 0 Å². The fourth-order valence-corrected chi connectivity index (χ4v) is 3.42. The molecule has 2 amide bonds. The number of carbonyl (C=O) groups is 2. The summed E-state index contributed by atoms with van der Waals surface area (Å²) >= 11 is 0. The van der Waals surface area contributed by atoms with Gasteiger partial charge in [-0.25, -0.2) is 9.88 Å². The maximum Gasteiger partial charge on any atom is 0.269 e. The van der Waals surface area contributed by atoms with Gasteiger partial charge in [0.1, 0.15) is 0 Å². The number of aromatic nitrogens is 2. The number of carbonyl (C=O) groups excluding carboxylic acids is 2. The maximum atomic E-state index is 13.2. The molecule has 5 nitrogen and oxygen atoms in total. The Morgan fingerprint density at radius 2 is 1.75 bits per heavy atom. The smallest absolute Gasteiger partial charge is 0.269 e. The van der Waals surface area contributed by atoms with Crippen LogP contribution in [0.1, 0.15) is 20.7 Å². The van der Waals surface area contributed by atoms with Gasteiger partial charge >= 0.3 is 0 Å².